The Morgan fingerprint density at radius 3 is 2.27 bits per heavy atom. The van der Waals surface area contributed by atoms with Crippen LogP contribution in [0.2, 0.25) is 0 Å². The van der Waals surface area contributed by atoms with Crippen LogP contribution < -0.4 is 5.32 Å². The predicted octanol–water partition coefficient (Wildman–Crippen LogP) is 2.93. The lowest BCUT2D eigenvalue weighted by atomic mass is 9.77. The Morgan fingerprint density at radius 1 is 1.00 bits per heavy atom. The highest BCUT2D eigenvalue weighted by Crippen LogP contribution is 2.40. The lowest BCUT2D eigenvalue weighted by Crippen LogP contribution is -2.60. The highest BCUT2D eigenvalue weighted by atomic mass is 16.7. The summed E-state index contributed by atoms with van der Waals surface area (Å²) in [6.07, 6.45) is -9.22. The van der Waals surface area contributed by atoms with E-state index in [1.54, 1.807) is 54.5 Å². The zero-order chi connectivity index (χ0) is 50.3. The summed E-state index contributed by atoms with van der Waals surface area (Å²) in [5.41, 5.74) is -4.60. The first kappa shape index (κ1) is 56.7. The molecule has 1 aromatic rings. The number of esters is 1. The molecule has 1 aromatic carbocycles. The third kappa shape index (κ3) is 13.9. The number of nitro groups is 1. The summed E-state index contributed by atoms with van der Waals surface area (Å²) in [4.78, 5) is 42.3. The predicted molar refractivity (Wildman–Crippen MR) is 248 cm³/mol. The topological polar surface area (TPSA) is 252 Å². The van der Waals surface area contributed by atoms with Crippen molar-refractivity contribution in [3.8, 4) is 0 Å². The van der Waals surface area contributed by atoms with Crippen molar-refractivity contribution in [3.05, 3.63) is 39.9 Å². The van der Waals surface area contributed by atoms with Crippen molar-refractivity contribution >= 4 is 17.6 Å². The Hall–Kier alpha value is -2.92. The number of amides is 1. The van der Waals surface area contributed by atoms with Gasteiger partial charge in [-0.1, -0.05) is 39.0 Å². The summed E-state index contributed by atoms with van der Waals surface area (Å²) in [6.45, 7) is 18.0. The molecule has 18 atom stereocenters. The number of aliphatic hydroxyl groups excluding tert-OH is 3. The standard InChI is InChI=1S/C48H82N4O15/c1-14-36-48(10,59)41(55)31(6)51(21-17-20-49-37(53)23-33-18-15-16-19-34(33)52(60)61)26-27(2)24-46(8,58)43(67-45-39(54)35(50(11)12)22-28(3)63-45)29(4)40(30(5)44(57)65-36)66-38-25-47(9,62-13)42(56)32(7)64-38/h15-16,18-19,27-32,35-36,38-43,45,54-56,58-59H,14,17,20-26H2,1-13H3,(H,49,53)/t27-,28-,29+,30-,31-,32+,35+,36-,38+,39-,40+,41-,42+,43-,45+,46-,47-,48-/m1/s1. The van der Waals surface area contributed by atoms with Crippen LogP contribution in [0.5, 0.6) is 0 Å². The van der Waals surface area contributed by atoms with Crippen molar-refractivity contribution in [2.24, 2.45) is 17.8 Å². The first-order chi connectivity index (χ1) is 31.2. The fraction of sp³-hybridized carbons (Fsp3) is 0.833. The number of rotatable bonds is 14. The van der Waals surface area contributed by atoms with Gasteiger partial charge >= 0.3 is 5.97 Å². The highest BCUT2D eigenvalue weighted by Gasteiger charge is 2.53. The van der Waals surface area contributed by atoms with Gasteiger partial charge < -0.3 is 64.2 Å². The van der Waals surface area contributed by atoms with E-state index in [0.717, 1.165) is 0 Å². The van der Waals surface area contributed by atoms with Gasteiger partial charge in [0, 0.05) is 62.8 Å². The Labute approximate surface area is 396 Å². The molecule has 0 spiro atoms. The first-order valence-corrected chi connectivity index (χ1v) is 23.9. The van der Waals surface area contributed by atoms with E-state index in [0.29, 0.717) is 19.4 Å². The summed E-state index contributed by atoms with van der Waals surface area (Å²) in [5, 5.41) is 74.2. The van der Waals surface area contributed by atoms with Crippen molar-refractivity contribution in [3.63, 3.8) is 0 Å². The third-order valence-corrected chi connectivity index (χ3v) is 14.5. The summed E-state index contributed by atoms with van der Waals surface area (Å²) < 4.78 is 37.9. The average molecular weight is 955 g/mol. The molecule has 384 valence electrons. The molecule has 67 heavy (non-hydrogen) atoms. The molecular formula is C48H82N4O15. The summed E-state index contributed by atoms with van der Waals surface area (Å²) in [5.74, 6) is -3.41. The summed E-state index contributed by atoms with van der Waals surface area (Å²) >= 11 is 0. The molecule has 1 amide bonds. The number of likely N-dealkylation sites (N-methyl/N-ethyl adjacent to an activating group) is 1. The fourth-order valence-electron chi connectivity index (χ4n) is 10.5. The van der Waals surface area contributed by atoms with E-state index in [9.17, 15) is 45.2 Å². The van der Waals surface area contributed by atoms with Gasteiger partial charge in [-0.15, -0.1) is 0 Å². The number of nitrogens with zero attached hydrogens (tertiary/aromatic N) is 3. The summed E-state index contributed by atoms with van der Waals surface area (Å²) in [7, 11) is 5.20. The van der Waals surface area contributed by atoms with Gasteiger partial charge in [0.05, 0.1) is 52.9 Å². The van der Waals surface area contributed by atoms with Gasteiger partial charge in [0.25, 0.3) is 5.69 Å². The number of nitrogens with one attached hydrogen (secondary N) is 1. The molecule has 6 N–H and O–H groups in total. The number of para-hydroxylation sites is 1. The van der Waals surface area contributed by atoms with E-state index in [2.05, 4.69) is 5.32 Å². The molecule has 0 aromatic heterocycles. The van der Waals surface area contributed by atoms with Crippen molar-refractivity contribution < 1.29 is 68.5 Å². The van der Waals surface area contributed by atoms with Gasteiger partial charge in [0.15, 0.2) is 12.6 Å². The van der Waals surface area contributed by atoms with Crippen LogP contribution in [0.4, 0.5) is 5.69 Å². The highest BCUT2D eigenvalue weighted by molar-refractivity contribution is 5.79. The van der Waals surface area contributed by atoms with Crippen LogP contribution in [0.1, 0.15) is 107 Å². The van der Waals surface area contributed by atoms with E-state index in [-0.39, 0.29) is 68.1 Å². The number of nitro benzene ring substituents is 1. The number of carbonyl (C=O) groups excluding carboxylic acids is 2. The van der Waals surface area contributed by atoms with Crippen molar-refractivity contribution in [1.82, 2.24) is 15.1 Å². The largest absolute Gasteiger partial charge is 0.459 e. The minimum absolute atomic E-state index is 0.0802. The third-order valence-electron chi connectivity index (χ3n) is 14.5. The van der Waals surface area contributed by atoms with E-state index < -0.39 is 107 Å². The minimum atomic E-state index is -1.96. The van der Waals surface area contributed by atoms with Crippen LogP contribution in [-0.2, 0) is 44.4 Å². The SMILES string of the molecule is CC[C@H]1OC(=O)[C@H](C)[C@@H](O[C@H]2C[C@@](C)(OC)[C@@H](O)[C@H](C)O2)[C@H](C)[C@@H](O[C@@H]2O[C@H](C)C[C@H](N(C)C)[C@H]2O)[C@](C)(O)C[C@@H](C)CN(CCCNC(=O)Cc2ccccc2[N+](=O)[O-])[C@H](C)[C@@H](O)[C@]1(C)O. The lowest BCUT2D eigenvalue weighted by molar-refractivity contribution is -0.385. The normalized spacial score (nSPS) is 40.9. The van der Waals surface area contributed by atoms with Gasteiger partial charge in [-0.3, -0.25) is 24.6 Å². The maximum Gasteiger partial charge on any atom is 0.311 e. The molecule has 0 bridgehead atoms. The number of methoxy groups -OCH3 is 1. The second kappa shape index (κ2) is 23.8. The first-order valence-electron chi connectivity index (χ1n) is 23.9. The molecule has 0 saturated carbocycles. The van der Waals surface area contributed by atoms with E-state index in [1.165, 1.54) is 32.2 Å². The number of hydrogen-bond donors (Lipinski definition) is 6. The van der Waals surface area contributed by atoms with Crippen LogP contribution in [0, 0.1) is 27.9 Å². The number of hydrogen-bond acceptors (Lipinski definition) is 17. The van der Waals surface area contributed by atoms with Crippen molar-refractivity contribution in [2.45, 2.75) is 198 Å². The molecule has 19 heteroatoms. The number of carbonyl (C=O) groups is 2. The molecule has 19 nitrogen and oxygen atoms in total. The molecule has 3 fully saturated rings. The van der Waals surface area contributed by atoms with E-state index in [4.69, 9.17) is 28.4 Å². The maximum atomic E-state index is 14.5. The van der Waals surface area contributed by atoms with Gasteiger partial charge in [-0.25, -0.2) is 0 Å². The number of benzene rings is 1. The van der Waals surface area contributed by atoms with Gasteiger partial charge in [0.2, 0.25) is 5.91 Å². The molecule has 3 aliphatic rings. The van der Waals surface area contributed by atoms with Gasteiger partial charge in [-0.05, 0) is 94.2 Å². The Bertz CT molecular complexity index is 1770. The van der Waals surface area contributed by atoms with Crippen LogP contribution in [0.15, 0.2) is 24.3 Å². The van der Waals surface area contributed by atoms with Crippen molar-refractivity contribution in [2.75, 3.05) is 40.8 Å². The Morgan fingerprint density at radius 2 is 1.66 bits per heavy atom. The monoisotopic (exact) mass is 955 g/mol. The smallest absolute Gasteiger partial charge is 0.311 e. The lowest BCUT2D eigenvalue weighted by Gasteiger charge is -2.48. The zero-order valence-electron chi connectivity index (χ0n) is 42.0. The van der Waals surface area contributed by atoms with E-state index >= 15 is 0 Å². The fourth-order valence-corrected chi connectivity index (χ4v) is 10.5. The van der Waals surface area contributed by atoms with Crippen LogP contribution in [0.25, 0.3) is 0 Å². The molecule has 4 rings (SSSR count). The van der Waals surface area contributed by atoms with Crippen LogP contribution >= 0.6 is 0 Å². The minimum Gasteiger partial charge on any atom is -0.459 e. The average Bonchev–Trinajstić information content (AvgIpc) is 3.25. The van der Waals surface area contributed by atoms with Gasteiger partial charge in [-0.2, -0.15) is 0 Å². The Kier molecular flexibility index (Phi) is 20.1. The Balaban J connectivity index is 1.74. The maximum absolute atomic E-state index is 14.5. The van der Waals surface area contributed by atoms with Gasteiger partial charge in [0.1, 0.15) is 30.0 Å². The van der Waals surface area contributed by atoms with Crippen molar-refractivity contribution in [1.29, 1.82) is 0 Å². The molecular weight excluding hydrogens is 873 g/mol. The quantitative estimate of drug-likeness (QED) is 0.0679. The van der Waals surface area contributed by atoms with Crippen LogP contribution in [-0.4, -0.2) is 183 Å². The number of ether oxygens (including phenoxy) is 6. The van der Waals surface area contributed by atoms with Crippen LogP contribution in [0.3, 0.4) is 0 Å². The zero-order valence-corrected chi connectivity index (χ0v) is 42.0. The van der Waals surface area contributed by atoms with E-state index in [1.807, 2.05) is 37.7 Å². The second-order valence-corrected chi connectivity index (χ2v) is 20.5. The molecule has 3 heterocycles. The molecule has 0 unspecified atom stereocenters. The summed E-state index contributed by atoms with van der Waals surface area (Å²) in [6, 6.07) is 4.98. The molecule has 0 radical (unpaired) electrons. The molecule has 3 aliphatic heterocycles. The second-order valence-electron chi connectivity index (χ2n) is 20.5. The molecule has 3 saturated heterocycles. The number of aliphatic hydroxyl groups is 5. The molecule has 0 aliphatic carbocycles. The number of cyclic esters (lactones) is 1.